The fraction of sp³-hybridized carbons (Fsp3) is 0.238. The zero-order chi connectivity index (χ0) is 21.3. The highest BCUT2D eigenvalue weighted by molar-refractivity contribution is 7.99. The number of aromatic nitrogens is 2. The van der Waals surface area contributed by atoms with Crippen LogP contribution in [0.25, 0.3) is 11.5 Å². The predicted molar refractivity (Wildman–Crippen MR) is 116 cm³/mol. The van der Waals surface area contributed by atoms with E-state index in [4.69, 9.17) is 20.8 Å². The van der Waals surface area contributed by atoms with Gasteiger partial charge < -0.3 is 14.5 Å². The molecule has 0 aliphatic rings. The third-order valence-electron chi connectivity index (χ3n) is 3.96. The predicted octanol–water partition coefficient (Wildman–Crippen LogP) is 5.08. The van der Waals surface area contributed by atoms with Crippen LogP contribution in [0.3, 0.4) is 0 Å². The van der Waals surface area contributed by atoms with Crippen LogP contribution in [-0.4, -0.2) is 34.4 Å². The number of thioether (sulfide) groups is 1. The molecule has 0 saturated carbocycles. The van der Waals surface area contributed by atoms with Crippen LogP contribution < -0.4 is 5.32 Å². The molecule has 1 heterocycles. The summed E-state index contributed by atoms with van der Waals surface area (Å²) in [4.78, 5) is 24.1. The molecule has 0 aliphatic carbocycles. The molecule has 1 amide bonds. The van der Waals surface area contributed by atoms with Gasteiger partial charge in [-0.1, -0.05) is 36.7 Å². The van der Waals surface area contributed by atoms with Crippen molar-refractivity contribution < 1.29 is 18.7 Å². The van der Waals surface area contributed by atoms with Crippen molar-refractivity contribution in [3.05, 3.63) is 59.1 Å². The maximum atomic E-state index is 12.2. The summed E-state index contributed by atoms with van der Waals surface area (Å²) in [6.45, 7) is 2.43. The number of esters is 1. The van der Waals surface area contributed by atoms with Gasteiger partial charge in [0.25, 0.3) is 5.22 Å². The normalized spacial score (nSPS) is 10.6. The summed E-state index contributed by atoms with van der Waals surface area (Å²) in [6, 6.07) is 13.6. The largest absolute Gasteiger partial charge is 0.462 e. The number of nitrogens with one attached hydrogen (secondary N) is 1. The second-order valence-electron chi connectivity index (χ2n) is 6.28. The Morgan fingerprint density at radius 3 is 2.53 bits per heavy atom. The van der Waals surface area contributed by atoms with Crippen LogP contribution >= 0.6 is 23.4 Å². The first-order valence-electron chi connectivity index (χ1n) is 9.34. The lowest BCUT2D eigenvalue weighted by molar-refractivity contribution is -0.113. The summed E-state index contributed by atoms with van der Waals surface area (Å²) in [5, 5.41) is 11.6. The Balaban J connectivity index is 1.48. The summed E-state index contributed by atoms with van der Waals surface area (Å²) in [7, 11) is 0. The van der Waals surface area contributed by atoms with Gasteiger partial charge in [-0.3, -0.25) is 4.79 Å². The molecule has 0 atom stereocenters. The van der Waals surface area contributed by atoms with Crippen molar-refractivity contribution >= 4 is 40.9 Å². The maximum Gasteiger partial charge on any atom is 0.338 e. The Kier molecular flexibility index (Phi) is 7.87. The molecule has 30 heavy (non-hydrogen) atoms. The van der Waals surface area contributed by atoms with E-state index in [1.165, 1.54) is 0 Å². The van der Waals surface area contributed by atoms with Crippen molar-refractivity contribution in [2.24, 2.45) is 0 Å². The smallest absolute Gasteiger partial charge is 0.338 e. The Hall–Kier alpha value is -2.84. The molecule has 1 N–H and O–H groups in total. The number of benzene rings is 2. The average molecular weight is 446 g/mol. The highest BCUT2D eigenvalue weighted by atomic mass is 35.5. The molecule has 0 unspecified atom stereocenters. The third kappa shape index (κ3) is 6.33. The SMILES string of the molecule is CCCCOC(=O)c1ccc(NC(=O)CSc2nnc(-c3ccc(Cl)cc3)o2)cc1. The molecule has 2 aromatic carbocycles. The monoisotopic (exact) mass is 445 g/mol. The van der Waals surface area contributed by atoms with E-state index in [0.29, 0.717) is 34.0 Å². The second-order valence-corrected chi connectivity index (χ2v) is 7.65. The molecule has 7 nitrogen and oxygen atoms in total. The zero-order valence-corrected chi connectivity index (χ0v) is 17.8. The van der Waals surface area contributed by atoms with Crippen LogP contribution in [0.1, 0.15) is 30.1 Å². The number of rotatable bonds is 9. The minimum absolute atomic E-state index is 0.100. The first-order chi connectivity index (χ1) is 14.5. The number of carbonyl (C=O) groups is 2. The van der Waals surface area contributed by atoms with Gasteiger partial charge in [0.2, 0.25) is 11.8 Å². The van der Waals surface area contributed by atoms with Crippen LogP contribution in [0.4, 0.5) is 5.69 Å². The van der Waals surface area contributed by atoms with Gasteiger partial charge in [0.05, 0.1) is 17.9 Å². The van der Waals surface area contributed by atoms with Crippen LogP contribution in [0.5, 0.6) is 0 Å². The summed E-state index contributed by atoms with van der Waals surface area (Å²) >= 11 is 7.00. The Bertz CT molecular complexity index is 990. The molecule has 0 fully saturated rings. The molecule has 1 aromatic heterocycles. The zero-order valence-electron chi connectivity index (χ0n) is 16.3. The van der Waals surface area contributed by atoms with E-state index in [1.54, 1.807) is 48.5 Å². The van der Waals surface area contributed by atoms with E-state index in [-0.39, 0.29) is 17.6 Å². The fourth-order valence-electron chi connectivity index (χ4n) is 2.38. The number of anilines is 1. The first-order valence-corrected chi connectivity index (χ1v) is 10.7. The topological polar surface area (TPSA) is 94.3 Å². The minimum Gasteiger partial charge on any atom is -0.462 e. The van der Waals surface area contributed by atoms with Gasteiger partial charge in [-0.15, -0.1) is 10.2 Å². The molecular weight excluding hydrogens is 426 g/mol. The van der Waals surface area contributed by atoms with E-state index in [9.17, 15) is 9.59 Å². The highest BCUT2D eigenvalue weighted by Crippen LogP contribution is 2.24. The van der Waals surface area contributed by atoms with Gasteiger partial charge in [0.15, 0.2) is 0 Å². The Morgan fingerprint density at radius 2 is 1.83 bits per heavy atom. The maximum absolute atomic E-state index is 12.2. The van der Waals surface area contributed by atoms with E-state index in [1.807, 2.05) is 6.92 Å². The van der Waals surface area contributed by atoms with Gasteiger partial charge in [-0.2, -0.15) is 0 Å². The third-order valence-corrected chi connectivity index (χ3v) is 5.03. The molecule has 3 aromatic rings. The summed E-state index contributed by atoms with van der Waals surface area (Å²) in [5.41, 5.74) is 1.77. The number of nitrogens with zero attached hydrogens (tertiary/aromatic N) is 2. The molecule has 156 valence electrons. The molecule has 3 rings (SSSR count). The quantitative estimate of drug-likeness (QED) is 0.279. The number of halogens is 1. The number of unbranched alkanes of at least 4 members (excludes halogenated alkanes) is 1. The van der Waals surface area contributed by atoms with E-state index >= 15 is 0 Å². The lowest BCUT2D eigenvalue weighted by Gasteiger charge is -2.06. The van der Waals surface area contributed by atoms with Gasteiger partial charge >= 0.3 is 5.97 Å². The molecule has 0 spiro atoms. The molecule has 0 saturated heterocycles. The van der Waals surface area contributed by atoms with Crippen LogP contribution in [-0.2, 0) is 9.53 Å². The molecule has 0 aliphatic heterocycles. The lowest BCUT2D eigenvalue weighted by atomic mass is 10.2. The summed E-state index contributed by atoms with van der Waals surface area (Å²) < 4.78 is 10.7. The van der Waals surface area contributed by atoms with Gasteiger partial charge in [-0.05, 0) is 55.0 Å². The van der Waals surface area contributed by atoms with Crippen molar-refractivity contribution in [2.45, 2.75) is 25.0 Å². The van der Waals surface area contributed by atoms with Crippen LogP contribution in [0, 0.1) is 0 Å². The highest BCUT2D eigenvalue weighted by Gasteiger charge is 2.12. The minimum atomic E-state index is -0.371. The number of ether oxygens (including phenoxy) is 1. The Labute approximate surface area is 183 Å². The van der Waals surface area contributed by atoms with Crippen LogP contribution in [0.2, 0.25) is 5.02 Å². The summed E-state index contributed by atoms with van der Waals surface area (Å²) in [6.07, 6.45) is 1.79. The molecular formula is C21H20ClN3O4S. The van der Waals surface area contributed by atoms with Crippen molar-refractivity contribution in [2.75, 3.05) is 17.7 Å². The average Bonchev–Trinajstić information content (AvgIpc) is 3.22. The standard InChI is InChI=1S/C21H20ClN3O4S/c1-2-3-12-28-20(27)15-6-10-17(11-7-15)23-18(26)13-30-21-25-24-19(29-21)14-4-8-16(22)9-5-14/h4-11H,2-3,12-13H2,1H3,(H,23,26). The fourth-order valence-corrected chi connectivity index (χ4v) is 3.07. The Morgan fingerprint density at radius 1 is 1.10 bits per heavy atom. The number of hydrogen-bond donors (Lipinski definition) is 1. The van der Waals surface area contributed by atoms with Gasteiger partial charge in [0, 0.05) is 16.3 Å². The van der Waals surface area contributed by atoms with Crippen LogP contribution in [0.15, 0.2) is 58.2 Å². The van der Waals surface area contributed by atoms with E-state index in [2.05, 4.69) is 15.5 Å². The van der Waals surface area contributed by atoms with E-state index < -0.39 is 0 Å². The molecule has 0 bridgehead atoms. The number of hydrogen-bond acceptors (Lipinski definition) is 7. The number of carbonyl (C=O) groups excluding carboxylic acids is 2. The van der Waals surface area contributed by atoms with Crippen molar-refractivity contribution in [1.29, 1.82) is 0 Å². The van der Waals surface area contributed by atoms with Crippen molar-refractivity contribution in [3.63, 3.8) is 0 Å². The molecule has 9 heteroatoms. The second kappa shape index (κ2) is 10.8. The lowest BCUT2D eigenvalue weighted by Crippen LogP contribution is -2.14. The van der Waals surface area contributed by atoms with E-state index in [0.717, 1.165) is 30.2 Å². The number of amides is 1. The van der Waals surface area contributed by atoms with Gasteiger partial charge in [0.1, 0.15) is 0 Å². The van der Waals surface area contributed by atoms with Crippen molar-refractivity contribution in [3.8, 4) is 11.5 Å². The molecule has 0 radical (unpaired) electrons. The van der Waals surface area contributed by atoms with Gasteiger partial charge in [-0.25, -0.2) is 4.79 Å². The van der Waals surface area contributed by atoms with Crippen molar-refractivity contribution in [1.82, 2.24) is 10.2 Å². The first kappa shape index (κ1) is 21.9. The summed E-state index contributed by atoms with van der Waals surface area (Å²) in [5.74, 6) is -0.145.